The summed E-state index contributed by atoms with van der Waals surface area (Å²) in [6.07, 6.45) is -0.212. The first-order valence-corrected chi connectivity index (χ1v) is 5.21. The lowest BCUT2D eigenvalue weighted by molar-refractivity contribution is -0.137. The first-order valence-electron chi connectivity index (χ1n) is 5.21. The van der Waals surface area contributed by atoms with Gasteiger partial charge in [0, 0.05) is 0 Å². The van der Waals surface area contributed by atoms with Crippen LogP contribution in [0.4, 0.5) is 0 Å². The molecule has 0 saturated carbocycles. The second-order valence-electron chi connectivity index (χ2n) is 3.68. The van der Waals surface area contributed by atoms with E-state index in [0.29, 0.717) is 30.3 Å². The summed E-state index contributed by atoms with van der Waals surface area (Å²) < 4.78 is 10.7. The number of nitriles is 1. The number of ether oxygens (including phenoxy) is 2. The minimum absolute atomic E-state index is 0.212. The highest BCUT2D eigenvalue weighted by atomic mass is 16.6. The van der Waals surface area contributed by atoms with Crippen molar-refractivity contribution in [2.24, 2.45) is 0 Å². The Morgan fingerprint density at radius 1 is 1.41 bits per heavy atom. The zero-order valence-electron chi connectivity index (χ0n) is 9.05. The average molecular weight is 233 g/mol. The number of fused-ring (bicyclic) bond motifs is 1. The Morgan fingerprint density at radius 2 is 2.12 bits per heavy atom. The molecule has 0 aromatic heterocycles. The van der Waals surface area contributed by atoms with Crippen molar-refractivity contribution in [3.8, 4) is 17.6 Å². The van der Waals surface area contributed by atoms with Gasteiger partial charge in [-0.2, -0.15) is 5.26 Å². The molecule has 5 nitrogen and oxygen atoms in total. The third-order valence-electron chi connectivity index (χ3n) is 2.50. The number of hydrogen-bond acceptors (Lipinski definition) is 4. The van der Waals surface area contributed by atoms with E-state index in [1.165, 1.54) is 0 Å². The molecule has 1 heterocycles. The molecule has 0 bridgehead atoms. The van der Waals surface area contributed by atoms with Gasteiger partial charge in [-0.3, -0.25) is 4.79 Å². The summed E-state index contributed by atoms with van der Waals surface area (Å²) in [4.78, 5) is 10.6. The molecule has 2 rings (SSSR count). The van der Waals surface area contributed by atoms with E-state index in [1.807, 2.05) is 6.07 Å². The van der Waals surface area contributed by atoms with Crippen molar-refractivity contribution < 1.29 is 19.4 Å². The molecule has 1 aromatic rings. The van der Waals surface area contributed by atoms with Gasteiger partial charge in [0.25, 0.3) is 0 Å². The Bertz CT molecular complexity index is 478. The molecule has 0 saturated heterocycles. The molecule has 1 atom stereocenters. The highest BCUT2D eigenvalue weighted by Gasteiger charge is 2.18. The third kappa shape index (κ3) is 2.48. The zero-order chi connectivity index (χ0) is 12.3. The molecule has 1 unspecified atom stereocenters. The van der Waals surface area contributed by atoms with E-state index in [9.17, 15) is 4.79 Å². The number of hydrogen-bond donors (Lipinski definition) is 1. The Kier molecular flexibility index (Phi) is 3.15. The number of carboxylic acids is 1. The Balaban J connectivity index is 2.26. The van der Waals surface area contributed by atoms with E-state index in [2.05, 4.69) is 0 Å². The van der Waals surface area contributed by atoms with E-state index in [-0.39, 0.29) is 6.42 Å². The van der Waals surface area contributed by atoms with E-state index < -0.39 is 11.9 Å². The first kappa shape index (κ1) is 11.3. The van der Waals surface area contributed by atoms with Crippen LogP contribution in [0.25, 0.3) is 0 Å². The van der Waals surface area contributed by atoms with Crippen molar-refractivity contribution in [3.63, 3.8) is 0 Å². The largest absolute Gasteiger partial charge is 0.486 e. The Morgan fingerprint density at radius 3 is 2.76 bits per heavy atom. The van der Waals surface area contributed by atoms with Crippen molar-refractivity contribution in [2.75, 3.05) is 13.2 Å². The van der Waals surface area contributed by atoms with Crippen LogP contribution in [0.15, 0.2) is 18.2 Å². The van der Waals surface area contributed by atoms with Gasteiger partial charge in [0.2, 0.25) is 0 Å². The molecule has 5 heteroatoms. The molecule has 88 valence electrons. The summed E-state index contributed by atoms with van der Waals surface area (Å²) in [5, 5.41) is 17.7. The molecule has 1 aliphatic rings. The Hall–Kier alpha value is -2.22. The van der Waals surface area contributed by atoms with Crippen LogP contribution in [0.3, 0.4) is 0 Å². The van der Waals surface area contributed by atoms with Gasteiger partial charge in [-0.25, -0.2) is 0 Å². The third-order valence-corrected chi connectivity index (χ3v) is 2.50. The highest BCUT2D eigenvalue weighted by molar-refractivity contribution is 5.69. The van der Waals surface area contributed by atoms with Crippen LogP contribution >= 0.6 is 0 Å². The molecule has 0 spiro atoms. The van der Waals surface area contributed by atoms with E-state index in [0.717, 1.165) is 0 Å². The smallest absolute Gasteiger partial charge is 0.305 e. The first-order chi connectivity index (χ1) is 8.20. The van der Waals surface area contributed by atoms with Crippen LogP contribution < -0.4 is 9.47 Å². The molecule has 0 fully saturated rings. The fourth-order valence-electron chi connectivity index (χ4n) is 1.69. The minimum atomic E-state index is -0.994. The Labute approximate surface area is 98.2 Å². The summed E-state index contributed by atoms with van der Waals surface area (Å²) >= 11 is 0. The molecular formula is C12H11NO4. The van der Waals surface area contributed by atoms with Crippen molar-refractivity contribution in [1.29, 1.82) is 5.26 Å². The molecule has 0 radical (unpaired) electrons. The molecule has 1 N–H and O–H groups in total. The molecular weight excluding hydrogens is 222 g/mol. The van der Waals surface area contributed by atoms with Crippen molar-refractivity contribution in [2.45, 2.75) is 12.3 Å². The summed E-state index contributed by atoms with van der Waals surface area (Å²) in [5.41, 5.74) is 0.638. The standard InChI is InChI=1S/C12H11NO4/c13-7-9(6-12(14)15)8-1-2-10-11(5-8)17-4-3-16-10/h1-2,5,9H,3-4,6H2,(H,14,15). The molecule has 0 aliphatic carbocycles. The van der Waals surface area contributed by atoms with Gasteiger partial charge < -0.3 is 14.6 Å². The fraction of sp³-hybridized carbons (Fsp3) is 0.333. The monoisotopic (exact) mass is 233 g/mol. The van der Waals surface area contributed by atoms with Crippen LogP contribution in [-0.4, -0.2) is 24.3 Å². The normalized spacial score (nSPS) is 14.8. The summed E-state index contributed by atoms with van der Waals surface area (Å²) in [6, 6.07) is 7.05. The van der Waals surface area contributed by atoms with Crippen LogP contribution in [-0.2, 0) is 4.79 Å². The lowest BCUT2D eigenvalue weighted by Gasteiger charge is -2.19. The second-order valence-corrected chi connectivity index (χ2v) is 3.68. The van der Waals surface area contributed by atoms with Crippen LogP contribution in [0.5, 0.6) is 11.5 Å². The van der Waals surface area contributed by atoms with Gasteiger partial charge >= 0.3 is 5.97 Å². The summed E-state index contributed by atoms with van der Waals surface area (Å²) in [6.45, 7) is 0.968. The van der Waals surface area contributed by atoms with Crippen molar-refractivity contribution in [1.82, 2.24) is 0 Å². The van der Waals surface area contributed by atoms with E-state index in [4.69, 9.17) is 19.8 Å². The quantitative estimate of drug-likeness (QED) is 0.856. The molecule has 1 aliphatic heterocycles. The van der Waals surface area contributed by atoms with E-state index >= 15 is 0 Å². The highest BCUT2D eigenvalue weighted by Crippen LogP contribution is 2.33. The van der Waals surface area contributed by atoms with Crippen LogP contribution in [0, 0.1) is 11.3 Å². The predicted octanol–water partition coefficient (Wildman–Crippen LogP) is 1.54. The van der Waals surface area contributed by atoms with Gasteiger partial charge in [-0.1, -0.05) is 6.07 Å². The lowest BCUT2D eigenvalue weighted by Crippen LogP contribution is -2.15. The number of nitrogens with zero attached hydrogens (tertiary/aromatic N) is 1. The zero-order valence-corrected chi connectivity index (χ0v) is 9.05. The maximum Gasteiger partial charge on any atom is 0.305 e. The average Bonchev–Trinajstić information content (AvgIpc) is 2.35. The van der Waals surface area contributed by atoms with E-state index in [1.54, 1.807) is 18.2 Å². The van der Waals surface area contributed by atoms with Crippen LogP contribution in [0.2, 0.25) is 0 Å². The molecule has 1 aromatic carbocycles. The minimum Gasteiger partial charge on any atom is -0.486 e. The van der Waals surface area contributed by atoms with Gasteiger partial charge in [0.15, 0.2) is 11.5 Å². The van der Waals surface area contributed by atoms with Gasteiger partial charge in [-0.15, -0.1) is 0 Å². The predicted molar refractivity (Wildman–Crippen MR) is 58.0 cm³/mol. The fourth-order valence-corrected chi connectivity index (χ4v) is 1.69. The number of aliphatic carboxylic acids is 1. The number of rotatable bonds is 3. The van der Waals surface area contributed by atoms with Gasteiger partial charge in [-0.05, 0) is 17.7 Å². The number of carbonyl (C=O) groups is 1. The number of carboxylic acid groups (broad SMARTS) is 1. The van der Waals surface area contributed by atoms with Crippen molar-refractivity contribution >= 4 is 5.97 Å². The maximum atomic E-state index is 10.6. The molecule has 0 amide bonds. The van der Waals surface area contributed by atoms with Gasteiger partial charge in [0.1, 0.15) is 13.2 Å². The molecule has 17 heavy (non-hydrogen) atoms. The maximum absolute atomic E-state index is 10.6. The van der Waals surface area contributed by atoms with Crippen LogP contribution in [0.1, 0.15) is 17.9 Å². The van der Waals surface area contributed by atoms with Gasteiger partial charge in [0.05, 0.1) is 18.4 Å². The number of benzene rings is 1. The summed E-state index contributed by atoms with van der Waals surface area (Å²) in [5.74, 6) is -0.457. The topological polar surface area (TPSA) is 79.6 Å². The second kappa shape index (κ2) is 4.74. The SMILES string of the molecule is N#CC(CC(=O)O)c1ccc2c(c1)OCCO2. The lowest BCUT2D eigenvalue weighted by atomic mass is 9.97. The summed E-state index contributed by atoms with van der Waals surface area (Å²) in [7, 11) is 0. The van der Waals surface area contributed by atoms with Crippen molar-refractivity contribution in [3.05, 3.63) is 23.8 Å².